The van der Waals surface area contributed by atoms with Gasteiger partial charge in [0.1, 0.15) is 6.34 Å². The molecule has 7 nitrogen and oxygen atoms in total. The molecule has 0 aromatic heterocycles. The van der Waals surface area contributed by atoms with E-state index in [0.717, 1.165) is 11.3 Å². The zero-order chi connectivity index (χ0) is 31.6. The summed E-state index contributed by atoms with van der Waals surface area (Å²) in [5.74, 6) is 0. The van der Waals surface area contributed by atoms with Crippen LogP contribution in [-0.2, 0) is 11.8 Å². The molecule has 0 amide bonds. The Kier molecular flexibility index (Phi) is 12.9. The third-order valence-corrected chi connectivity index (χ3v) is 17.5. The summed E-state index contributed by atoms with van der Waals surface area (Å²) in [6.45, 7) is 36.7. The maximum Gasteiger partial charge on any atom is 0.224 e. The van der Waals surface area contributed by atoms with E-state index < -0.39 is 13.8 Å². The van der Waals surface area contributed by atoms with Crippen molar-refractivity contribution in [2.75, 3.05) is 4.67 Å². The topological polar surface area (TPSA) is 40.9 Å². The van der Waals surface area contributed by atoms with Crippen LogP contribution < -0.4 is 4.67 Å². The van der Waals surface area contributed by atoms with Crippen molar-refractivity contribution in [3.63, 3.8) is 0 Å². The standard InChI is InChI=1S/C31H61N7P2S/c1-22(2)34(23(3)4)39(41,35(24(5)6)25(7)8)31-32-33-40(36(26(9)10)27(11)12,37(28(13)14)29(15)16)38(31)30-20-18-17-19-21-30/h17-29H,1-16H3. The lowest BCUT2D eigenvalue weighted by atomic mass is 10.3. The average molecular weight is 626 g/mol. The fraction of sp³-hybridized carbons (Fsp3) is 0.774. The third-order valence-electron chi connectivity index (χ3n) is 7.45. The van der Waals surface area contributed by atoms with E-state index in [0.29, 0.717) is 0 Å². The van der Waals surface area contributed by atoms with Gasteiger partial charge in [0.05, 0.1) is 5.69 Å². The molecule has 0 unspecified atom stereocenters. The molecular weight excluding hydrogens is 564 g/mol. The molecule has 0 bridgehead atoms. The number of anilines is 1. The molecule has 0 saturated carbocycles. The number of nitrogens with zero attached hydrogens (tertiary/aromatic N) is 7. The minimum Gasteiger partial charge on any atom is -0.262 e. The van der Waals surface area contributed by atoms with Crippen LogP contribution in [-0.4, -0.2) is 72.6 Å². The maximum absolute atomic E-state index is 7.14. The van der Waals surface area contributed by atoms with Gasteiger partial charge in [-0.2, -0.15) is 0 Å². The van der Waals surface area contributed by atoms with Crippen LogP contribution in [0.5, 0.6) is 0 Å². The summed E-state index contributed by atoms with van der Waals surface area (Å²) < 4.78 is 13.0. The first-order valence-electron chi connectivity index (χ1n) is 15.7. The van der Waals surface area contributed by atoms with Crippen molar-refractivity contribution >= 4 is 36.9 Å². The van der Waals surface area contributed by atoms with E-state index >= 15 is 0 Å². The smallest absolute Gasteiger partial charge is 0.224 e. The number of benzene rings is 1. The highest BCUT2D eigenvalue weighted by atomic mass is 32.4. The van der Waals surface area contributed by atoms with Crippen LogP contribution in [0.25, 0.3) is 0 Å². The average Bonchev–Trinajstić information content (AvgIpc) is 3.17. The van der Waals surface area contributed by atoms with Gasteiger partial charge in [0.2, 0.25) is 7.51 Å². The van der Waals surface area contributed by atoms with E-state index in [1.54, 1.807) is 0 Å². The molecule has 0 saturated heterocycles. The maximum atomic E-state index is 7.14. The van der Waals surface area contributed by atoms with Gasteiger partial charge in [0.25, 0.3) is 0 Å². The van der Waals surface area contributed by atoms with Crippen molar-refractivity contribution in [3.05, 3.63) is 30.3 Å². The number of para-hydroxylation sites is 1. The van der Waals surface area contributed by atoms with E-state index in [-0.39, 0.29) is 48.3 Å². The Morgan fingerprint density at radius 3 is 1.22 bits per heavy atom. The first kappa shape index (κ1) is 36.6. The number of amidine groups is 1. The second-order valence-corrected chi connectivity index (χ2v) is 20.0. The van der Waals surface area contributed by atoms with Gasteiger partial charge in [0.15, 0.2) is 5.58 Å². The molecule has 236 valence electrons. The molecule has 1 aromatic rings. The Balaban J connectivity index is 3.20. The van der Waals surface area contributed by atoms with Crippen LogP contribution in [0.1, 0.15) is 111 Å². The van der Waals surface area contributed by atoms with Gasteiger partial charge in [-0.3, -0.25) is 14.0 Å². The van der Waals surface area contributed by atoms with Crippen LogP contribution in [0.3, 0.4) is 0 Å². The lowest BCUT2D eigenvalue weighted by Gasteiger charge is -2.55. The van der Waals surface area contributed by atoms with Crippen molar-refractivity contribution in [1.82, 2.24) is 18.7 Å². The lowest BCUT2D eigenvalue weighted by Crippen LogP contribution is -2.53. The van der Waals surface area contributed by atoms with Crippen LogP contribution in [0.4, 0.5) is 5.69 Å². The van der Waals surface area contributed by atoms with Crippen LogP contribution in [0.15, 0.2) is 40.3 Å². The Labute approximate surface area is 259 Å². The Morgan fingerprint density at radius 2 is 0.927 bits per heavy atom. The van der Waals surface area contributed by atoms with Gasteiger partial charge in [0, 0.05) is 48.3 Å². The summed E-state index contributed by atoms with van der Waals surface area (Å²) in [6.07, 6.45) is -2.66. The number of hydrogen-bond donors (Lipinski definition) is 0. The van der Waals surface area contributed by atoms with Crippen LogP contribution in [0, 0.1) is 0 Å². The third kappa shape index (κ3) is 6.90. The summed E-state index contributed by atoms with van der Waals surface area (Å²) >= 11 is 7.14. The lowest BCUT2D eigenvalue weighted by molar-refractivity contribution is 0.249. The SMILES string of the molecule is CC(C)N(C(C)C)P(=S)(C1=NN=P(N(C(C)C)C(C)C)(N(C(C)C)C(C)C)N1c1ccccc1)N(C(C)C)C(C)C. The van der Waals surface area contributed by atoms with Crippen LogP contribution >= 0.6 is 13.8 Å². The molecule has 1 aliphatic rings. The molecule has 0 fully saturated rings. The number of rotatable bonds is 14. The van der Waals surface area contributed by atoms with Gasteiger partial charge in [-0.05, 0) is 123 Å². The highest BCUT2D eigenvalue weighted by Gasteiger charge is 2.56. The second kappa shape index (κ2) is 14.5. The monoisotopic (exact) mass is 625 g/mol. The molecule has 1 heterocycles. The largest absolute Gasteiger partial charge is 0.262 e. The predicted molar refractivity (Wildman–Crippen MR) is 188 cm³/mol. The fourth-order valence-corrected chi connectivity index (χ4v) is 18.6. The van der Waals surface area contributed by atoms with E-state index in [2.05, 4.69) is 164 Å². The van der Waals surface area contributed by atoms with E-state index in [9.17, 15) is 0 Å². The van der Waals surface area contributed by atoms with Gasteiger partial charge in [-0.15, -0.1) is 9.96 Å². The molecule has 41 heavy (non-hydrogen) atoms. The molecule has 10 heteroatoms. The Bertz CT molecular complexity index is 1030. The van der Waals surface area contributed by atoms with Gasteiger partial charge >= 0.3 is 0 Å². The highest BCUT2D eigenvalue weighted by molar-refractivity contribution is 8.21. The minimum absolute atomic E-state index is 0.243. The summed E-state index contributed by atoms with van der Waals surface area (Å²) in [5, 5.41) is 5.36. The summed E-state index contributed by atoms with van der Waals surface area (Å²) in [6, 6.07) is 12.8. The molecule has 0 radical (unpaired) electrons. The van der Waals surface area contributed by atoms with Crippen molar-refractivity contribution in [1.29, 1.82) is 0 Å². The van der Waals surface area contributed by atoms with Gasteiger partial charge in [-0.1, -0.05) is 30.0 Å². The summed E-state index contributed by atoms with van der Waals surface area (Å²) in [7, 11) is -2.65. The second-order valence-electron chi connectivity index (χ2n) is 13.5. The predicted octanol–water partition coefficient (Wildman–Crippen LogP) is 9.51. The first-order valence-corrected chi connectivity index (χ1v) is 20.0. The fourth-order valence-electron chi connectivity index (χ4n) is 6.94. The quantitative estimate of drug-likeness (QED) is 0.192. The highest BCUT2D eigenvalue weighted by Crippen LogP contribution is 2.72. The minimum atomic E-state index is -2.66. The molecule has 0 spiro atoms. The Morgan fingerprint density at radius 1 is 0.585 bits per heavy atom. The van der Waals surface area contributed by atoms with E-state index in [1.807, 2.05) is 0 Å². The van der Waals surface area contributed by atoms with E-state index in [1.165, 1.54) is 0 Å². The van der Waals surface area contributed by atoms with E-state index in [4.69, 9.17) is 21.8 Å². The summed E-state index contributed by atoms with van der Waals surface area (Å²) in [4.78, 5) is 5.54. The molecular formula is C31H61N7P2S. The van der Waals surface area contributed by atoms with Crippen molar-refractivity contribution in [3.8, 4) is 0 Å². The first-order chi connectivity index (χ1) is 18.9. The zero-order valence-electron chi connectivity index (χ0n) is 28.9. The molecule has 0 N–H and O–H groups in total. The molecule has 1 aromatic carbocycles. The molecule has 0 atom stereocenters. The number of hydrogen-bond acceptors (Lipinski definition) is 6. The van der Waals surface area contributed by atoms with Crippen molar-refractivity contribution < 1.29 is 0 Å². The molecule has 2 rings (SSSR count). The van der Waals surface area contributed by atoms with Gasteiger partial charge < -0.3 is 0 Å². The molecule has 1 aliphatic heterocycles. The van der Waals surface area contributed by atoms with Crippen molar-refractivity contribution in [2.45, 2.75) is 159 Å². The zero-order valence-corrected chi connectivity index (χ0v) is 31.5. The van der Waals surface area contributed by atoms with Crippen molar-refractivity contribution in [2.24, 2.45) is 9.96 Å². The normalized spacial score (nSPS) is 16.6. The molecule has 0 aliphatic carbocycles. The Hall–Kier alpha value is -0.590. The van der Waals surface area contributed by atoms with Gasteiger partial charge in [-0.25, -0.2) is 9.34 Å². The van der Waals surface area contributed by atoms with Crippen LogP contribution in [0.2, 0.25) is 0 Å². The summed E-state index contributed by atoms with van der Waals surface area (Å²) in [5.41, 5.74) is 2.07.